The maximum atomic E-state index is 12.9. The standard InChI is InChI=1S/C17H20Cl3N5O3S/c1-4-28-16(27)23-14(17(18,19)20)22-15(29)21-12-10(2)24(3)25(13(12)26)11-8-6-5-7-9-11/h5-9,14H,4H2,1-3H3,(H,23,27)(H2,21,22,29). The summed E-state index contributed by atoms with van der Waals surface area (Å²) in [5.74, 6) is 0. The number of carbonyl (C=O) groups is 1. The molecule has 12 heteroatoms. The zero-order valence-corrected chi connectivity index (χ0v) is 18.9. The highest BCUT2D eigenvalue weighted by Gasteiger charge is 2.35. The minimum absolute atomic E-state index is 0.0239. The minimum atomic E-state index is -1.94. The summed E-state index contributed by atoms with van der Waals surface area (Å²) >= 11 is 22.9. The molecule has 0 radical (unpaired) electrons. The van der Waals surface area contributed by atoms with Crippen LogP contribution < -0.4 is 21.5 Å². The molecule has 1 amide bonds. The second-order valence-corrected chi connectivity index (χ2v) is 8.65. The third-order valence-electron chi connectivity index (χ3n) is 3.93. The molecule has 0 aliphatic heterocycles. The van der Waals surface area contributed by atoms with Gasteiger partial charge in [-0.25, -0.2) is 9.48 Å². The van der Waals surface area contributed by atoms with E-state index in [-0.39, 0.29) is 23.0 Å². The van der Waals surface area contributed by atoms with Crippen molar-refractivity contribution < 1.29 is 9.53 Å². The molecule has 158 valence electrons. The van der Waals surface area contributed by atoms with Crippen LogP contribution in [0.5, 0.6) is 0 Å². The first-order valence-corrected chi connectivity index (χ1v) is 10.0. The molecule has 1 atom stereocenters. The number of nitrogens with zero attached hydrogens (tertiary/aromatic N) is 2. The largest absolute Gasteiger partial charge is 0.450 e. The number of rotatable bonds is 5. The van der Waals surface area contributed by atoms with Gasteiger partial charge in [-0.1, -0.05) is 53.0 Å². The number of ether oxygens (including phenoxy) is 1. The molecule has 2 rings (SSSR count). The number of hydrogen-bond acceptors (Lipinski definition) is 4. The Labute approximate surface area is 188 Å². The van der Waals surface area contributed by atoms with Crippen LogP contribution in [-0.2, 0) is 11.8 Å². The summed E-state index contributed by atoms with van der Waals surface area (Å²) in [5.41, 5.74) is 1.25. The highest BCUT2D eigenvalue weighted by molar-refractivity contribution is 7.80. The van der Waals surface area contributed by atoms with Crippen molar-refractivity contribution in [3.8, 4) is 5.69 Å². The van der Waals surface area contributed by atoms with Gasteiger partial charge in [0.1, 0.15) is 5.69 Å². The van der Waals surface area contributed by atoms with Gasteiger partial charge >= 0.3 is 6.09 Å². The lowest BCUT2D eigenvalue weighted by molar-refractivity contribution is 0.147. The number of para-hydroxylation sites is 1. The first-order chi connectivity index (χ1) is 13.6. The fourth-order valence-corrected chi connectivity index (χ4v) is 3.03. The van der Waals surface area contributed by atoms with Gasteiger partial charge in [-0.15, -0.1) is 0 Å². The third kappa shape index (κ3) is 5.79. The summed E-state index contributed by atoms with van der Waals surface area (Å²) in [7, 11) is 1.75. The quantitative estimate of drug-likeness (QED) is 0.346. The number of thiocarbonyl (C=S) groups is 1. The SMILES string of the molecule is CCOC(=O)NC(NC(=S)Nc1c(C)n(C)n(-c2ccccc2)c1=O)C(Cl)(Cl)Cl. The average Bonchev–Trinajstić information content (AvgIpc) is 2.85. The van der Waals surface area contributed by atoms with Crippen LogP contribution in [0.15, 0.2) is 35.1 Å². The van der Waals surface area contributed by atoms with Crippen LogP contribution in [0.2, 0.25) is 0 Å². The summed E-state index contributed by atoms with van der Waals surface area (Å²) < 4.78 is 6.03. The van der Waals surface area contributed by atoms with Gasteiger partial charge < -0.3 is 15.4 Å². The number of amides is 1. The number of halogens is 3. The van der Waals surface area contributed by atoms with E-state index in [0.717, 1.165) is 0 Å². The summed E-state index contributed by atoms with van der Waals surface area (Å²) in [6, 6.07) is 9.13. The number of benzene rings is 1. The zero-order chi connectivity index (χ0) is 21.8. The smallest absolute Gasteiger partial charge is 0.408 e. The second-order valence-electron chi connectivity index (χ2n) is 5.87. The van der Waals surface area contributed by atoms with Crippen LogP contribution in [0.25, 0.3) is 5.69 Å². The highest BCUT2D eigenvalue weighted by atomic mass is 35.6. The molecule has 1 aromatic carbocycles. The van der Waals surface area contributed by atoms with Crippen molar-refractivity contribution in [3.63, 3.8) is 0 Å². The molecular formula is C17H20Cl3N5O3S. The van der Waals surface area contributed by atoms with Crippen LogP contribution in [0, 0.1) is 6.92 Å². The van der Waals surface area contributed by atoms with E-state index >= 15 is 0 Å². The molecule has 3 N–H and O–H groups in total. The monoisotopic (exact) mass is 479 g/mol. The van der Waals surface area contributed by atoms with E-state index in [1.165, 1.54) is 4.68 Å². The van der Waals surface area contributed by atoms with Crippen molar-refractivity contribution in [1.29, 1.82) is 0 Å². The molecule has 0 spiro atoms. The van der Waals surface area contributed by atoms with E-state index in [1.54, 1.807) is 25.6 Å². The molecule has 8 nitrogen and oxygen atoms in total. The molecule has 29 heavy (non-hydrogen) atoms. The number of anilines is 1. The number of alkyl carbamates (subject to hydrolysis) is 1. The lowest BCUT2D eigenvalue weighted by Crippen LogP contribution is -2.56. The van der Waals surface area contributed by atoms with Crippen LogP contribution in [0.4, 0.5) is 10.5 Å². The van der Waals surface area contributed by atoms with E-state index in [1.807, 2.05) is 30.3 Å². The van der Waals surface area contributed by atoms with E-state index in [2.05, 4.69) is 16.0 Å². The van der Waals surface area contributed by atoms with E-state index in [0.29, 0.717) is 11.4 Å². The zero-order valence-electron chi connectivity index (χ0n) is 15.8. The lowest BCUT2D eigenvalue weighted by atomic mass is 10.3. The Bertz CT molecular complexity index is 940. The first kappa shape index (κ1) is 23.3. The maximum Gasteiger partial charge on any atom is 0.408 e. The van der Waals surface area contributed by atoms with Gasteiger partial charge in [0.05, 0.1) is 18.0 Å². The minimum Gasteiger partial charge on any atom is -0.450 e. The van der Waals surface area contributed by atoms with Crippen LogP contribution in [0.1, 0.15) is 12.6 Å². The second kappa shape index (κ2) is 9.71. The Morgan fingerprint density at radius 1 is 1.24 bits per heavy atom. The van der Waals surface area contributed by atoms with Crippen molar-refractivity contribution in [2.24, 2.45) is 7.05 Å². The van der Waals surface area contributed by atoms with Crippen LogP contribution in [-0.4, -0.2) is 37.1 Å². The maximum absolute atomic E-state index is 12.9. The molecule has 0 fully saturated rings. The molecule has 1 heterocycles. The topological polar surface area (TPSA) is 89.3 Å². The number of hydrogen-bond donors (Lipinski definition) is 3. The van der Waals surface area contributed by atoms with E-state index < -0.39 is 16.1 Å². The lowest BCUT2D eigenvalue weighted by Gasteiger charge is -2.27. The number of nitrogens with one attached hydrogen (secondary N) is 3. The molecule has 1 unspecified atom stereocenters. The first-order valence-electron chi connectivity index (χ1n) is 8.47. The Morgan fingerprint density at radius 2 is 1.86 bits per heavy atom. The predicted molar refractivity (Wildman–Crippen MR) is 119 cm³/mol. The fraction of sp³-hybridized carbons (Fsp3) is 0.353. The van der Waals surface area contributed by atoms with Gasteiger partial charge in [0.15, 0.2) is 11.3 Å². The summed E-state index contributed by atoms with van der Waals surface area (Å²) in [5, 5.41) is 7.83. The van der Waals surface area contributed by atoms with Gasteiger partial charge in [-0.05, 0) is 38.2 Å². The normalized spacial score (nSPS) is 12.2. The highest BCUT2D eigenvalue weighted by Crippen LogP contribution is 2.29. The number of aromatic nitrogens is 2. The summed E-state index contributed by atoms with van der Waals surface area (Å²) in [4.78, 5) is 24.6. The van der Waals surface area contributed by atoms with Crippen molar-refractivity contribution >= 4 is 63.9 Å². The summed E-state index contributed by atoms with van der Waals surface area (Å²) in [6.07, 6.45) is -1.99. The molecule has 0 saturated carbocycles. The Hall–Kier alpha value is -1.94. The molecule has 0 saturated heterocycles. The van der Waals surface area contributed by atoms with E-state index in [9.17, 15) is 9.59 Å². The van der Waals surface area contributed by atoms with Crippen molar-refractivity contribution in [2.45, 2.75) is 23.8 Å². The van der Waals surface area contributed by atoms with E-state index in [4.69, 9.17) is 51.8 Å². The molecule has 2 aromatic rings. The Morgan fingerprint density at radius 3 is 2.41 bits per heavy atom. The van der Waals surface area contributed by atoms with Crippen molar-refractivity contribution in [1.82, 2.24) is 20.0 Å². The van der Waals surface area contributed by atoms with Gasteiger partial charge in [-0.3, -0.25) is 14.8 Å². The number of carbonyl (C=O) groups excluding carboxylic acids is 1. The predicted octanol–water partition coefficient (Wildman–Crippen LogP) is 3.21. The fourth-order valence-electron chi connectivity index (χ4n) is 2.48. The Kier molecular flexibility index (Phi) is 7.81. The van der Waals surface area contributed by atoms with Gasteiger partial charge in [-0.2, -0.15) is 0 Å². The molecule has 0 aliphatic rings. The van der Waals surface area contributed by atoms with Crippen LogP contribution in [0.3, 0.4) is 0 Å². The van der Waals surface area contributed by atoms with Gasteiger partial charge in [0.2, 0.25) is 3.79 Å². The van der Waals surface area contributed by atoms with Gasteiger partial charge in [0.25, 0.3) is 5.56 Å². The molecule has 1 aromatic heterocycles. The Balaban J connectivity index is 2.24. The van der Waals surface area contributed by atoms with Crippen molar-refractivity contribution in [2.75, 3.05) is 11.9 Å². The summed E-state index contributed by atoms with van der Waals surface area (Å²) in [6.45, 7) is 3.54. The molecule has 0 bridgehead atoms. The van der Waals surface area contributed by atoms with Gasteiger partial charge in [0, 0.05) is 7.05 Å². The molecular weight excluding hydrogens is 461 g/mol. The van der Waals surface area contributed by atoms with Crippen molar-refractivity contribution in [3.05, 3.63) is 46.4 Å². The molecule has 0 aliphatic carbocycles. The third-order valence-corrected chi connectivity index (χ3v) is 4.81. The number of alkyl halides is 3. The average molecular weight is 481 g/mol. The van der Waals surface area contributed by atoms with Crippen LogP contribution >= 0.6 is 47.0 Å².